The van der Waals surface area contributed by atoms with Gasteiger partial charge in [0, 0.05) is 0 Å². The van der Waals surface area contributed by atoms with Crippen LogP contribution in [0.5, 0.6) is 0 Å². The van der Waals surface area contributed by atoms with Crippen LogP contribution in [0.1, 0.15) is 6.92 Å². The number of rotatable bonds is 2. The minimum absolute atomic E-state index is 0.153. The number of hydrogen-bond donors (Lipinski definition) is 1. The van der Waals surface area contributed by atoms with Gasteiger partial charge in [-0.1, -0.05) is 8.58 Å². The van der Waals surface area contributed by atoms with Gasteiger partial charge in [0.05, 0.1) is 6.04 Å². The average Bonchev–Trinajstić information content (AvgIpc) is 1.65. The predicted molar refractivity (Wildman–Crippen MR) is 32.9 cm³/mol. The lowest BCUT2D eigenvalue weighted by Gasteiger charge is -1.96. The van der Waals surface area contributed by atoms with Crippen molar-refractivity contribution in [3.63, 3.8) is 0 Å². The second kappa shape index (κ2) is 3.11. The third kappa shape index (κ3) is 2.72. The van der Waals surface area contributed by atoms with E-state index in [2.05, 4.69) is 0 Å². The van der Waals surface area contributed by atoms with Crippen LogP contribution >= 0.6 is 8.58 Å². The highest BCUT2D eigenvalue weighted by molar-refractivity contribution is 7.57. The lowest BCUT2D eigenvalue weighted by Crippen LogP contribution is -2.22. The molecule has 7 heavy (non-hydrogen) atoms. The van der Waals surface area contributed by atoms with Crippen molar-refractivity contribution in [1.29, 1.82) is 0 Å². The van der Waals surface area contributed by atoms with Crippen molar-refractivity contribution in [1.82, 2.24) is 0 Å². The van der Waals surface area contributed by atoms with Crippen LogP contribution in [0.25, 0.3) is 0 Å². The van der Waals surface area contributed by atoms with Crippen LogP contribution in [-0.4, -0.2) is 18.2 Å². The topological polar surface area (TPSA) is 43.1 Å². The molecule has 0 aromatic carbocycles. The summed E-state index contributed by atoms with van der Waals surface area (Å²) < 4.78 is 0. The molecule has 2 N–H and O–H groups in total. The molecule has 2 nitrogen and oxygen atoms in total. The normalized spacial score (nSPS) is 15.3. The maximum atomic E-state index is 10.4. The van der Waals surface area contributed by atoms with Crippen LogP contribution in [0.2, 0.25) is 0 Å². The van der Waals surface area contributed by atoms with E-state index >= 15 is 0 Å². The Kier molecular flexibility index (Phi) is 3.14. The second-order valence-electron chi connectivity index (χ2n) is 1.40. The van der Waals surface area contributed by atoms with Gasteiger partial charge in [0.15, 0.2) is 5.52 Å². The first-order valence-electron chi connectivity index (χ1n) is 2.15. The lowest BCUT2D eigenvalue weighted by atomic mass is 10.4. The van der Waals surface area contributed by atoms with Crippen LogP contribution < -0.4 is 5.73 Å². The molecule has 0 saturated carbocycles. The highest BCUT2D eigenvalue weighted by Gasteiger charge is 2.01. The molecular weight excluding hydrogens is 109 g/mol. The zero-order chi connectivity index (χ0) is 5.86. The molecule has 42 valence electrons. The minimum atomic E-state index is -0.261. The first-order valence-corrected chi connectivity index (χ1v) is 3.65. The van der Waals surface area contributed by atoms with Gasteiger partial charge in [-0.25, -0.2) is 0 Å². The Balaban J connectivity index is 3.35. The summed E-state index contributed by atoms with van der Waals surface area (Å²) in [5, 5.41) is 0. The molecule has 0 amide bonds. The van der Waals surface area contributed by atoms with E-state index in [4.69, 9.17) is 5.73 Å². The zero-order valence-electron chi connectivity index (χ0n) is 4.56. The molecule has 0 radical (unpaired) electrons. The monoisotopic (exact) mass is 119 g/mol. The van der Waals surface area contributed by atoms with Crippen LogP contribution in [0, 0.1) is 0 Å². The highest BCUT2D eigenvalue weighted by atomic mass is 31.1. The summed E-state index contributed by atoms with van der Waals surface area (Å²) in [5.41, 5.74) is 5.36. The fourth-order valence-corrected chi connectivity index (χ4v) is 0.683. The van der Waals surface area contributed by atoms with Crippen molar-refractivity contribution in [2.24, 2.45) is 5.73 Å². The molecule has 0 spiro atoms. The van der Waals surface area contributed by atoms with Gasteiger partial charge in [0.25, 0.3) is 0 Å². The molecule has 0 rings (SSSR count). The van der Waals surface area contributed by atoms with Crippen molar-refractivity contribution in [2.75, 3.05) is 6.66 Å². The van der Waals surface area contributed by atoms with Gasteiger partial charge < -0.3 is 5.73 Å². The largest absolute Gasteiger partial charge is 0.321 e. The van der Waals surface area contributed by atoms with Crippen molar-refractivity contribution < 1.29 is 4.79 Å². The molecule has 0 aromatic heterocycles. The quantitative estimate of drug-likeness (QED) is 0.526. The Labute approximate surface area is 45.3 Å². The number of carbonyl (C=O) groups is 1. The van der Waals surface area contributed by atoms with Gasteiger partial charge in [-0.3, -0.25) is 4.79 Å². The summed E-state index contributed by atoms with van der Waals surface area (Å²) in [6.45, 7) is 3.55. The van der Waals surface area contributed by atoms with Crippen molar-refractivity contribution in [3.8, 4) is 0 Å². The first-order chi connectivity index (χ1) is 3.18. The summed E-state index contributed by atoms with van der Waals surface area (Å²) >= 11 is 0. The number of carbonyl (C=O) groups excluding carboxylic acids is 1. The summed E-state index contributed by atoms with van der Waals surface area (Å²) in [5.74, 6) is 0. The van der Waals surface area contributed by atoms with E-state index in [-0.39, 0.29) is 11.6 Å². The number of hydrogen-bond acceptors (Lipinski definition) is 2. The SMILES string of the molecule is CPC(=O)C(C)N. The van der Waals surface area contributed by atoms with Gasteiger partial charge in [-0.05, 0) is 13.6 Å². The zero-order valence-corrected chi connectivity index (χ0v) is 5.56. The molecule has 0 aliphatic heterocycles. The lowest BCUT2D eigenvalue weighted by molar-refractivity contribution is -0.112. The molecule has 0 aliphatic carbocycles. The van der Waals surface area contributed by atoms with E-state index in [1.807, 2.05) is 6.66 Å². The molecule has 0 saturated heterocycles. The Bertz CT molecular complexity index is 72.1. The van der Waals surface area contributed by atoms with E-state index < -0.39 is 0 Å². The van der Waals surface area contributed by atoms with E-state index in [9.17, 15) is 4.79 Å². The Hall–Kier alpha value is 0.0600. The van der Waals surface area contributed by atoms with E-state index in [1.165, 1.54) is 0 Å². The predicted octanol–water partition coefficient (Wildman–Crippen LogP) is 0.168. The molecule has 0 heterocycles. The maximum Gasteiger partial charge on any atom is 0.167 e. The highest BCUT2D eigenvalue weighted by Crippen LogP contribution is 2.04. The maximum absolute atomic E-state index is 10.4. The van der Waals surface area contributed by atoms with E-state index in [1.54, 1.807) is 6.92 Å². The van der Waals surface area contributed by atoms with E-state index in [0.717, 1.165) is 0 Å². The Morgan fingerprint density at radius 3 is 2.29 bits per heavy atom. The fourth-order valence-electron chi connectivity index (χ4n) is 0.228. The minimum Gasteiger partial charge on any atom is -0.321 e. The summed E-state index contributed by atoms with van der Waals surface area (Å²) in [6.07, 6.45) is 0. The van der Waals surface area contributed by atoms with Gasteiger partial charge >= 0.3 is 0 Å². The smallest absolute Gasteiger partial charge is 0.167 e. The fraction of sp³-hybridized carbons (Fsp3) is 0.750. The molecule has 0 fully saturated rings. The third-order valence-electron chi connectivity index (χ3n) is 0.660. The molecule has 0 aliphatic rings. The van der Waals surface area contributed by atoms with Gasteiger partial charge in [0.1, 0.15) is 0 Å². The molecule has 2 atom stereocenters. The Morgan fingerprint density at radius 2 is 2.29 bits per heavy atom. The summed E-state index contributed by atoms with van der Waals surface area (Å²) in [7, 11) is 0.348. The number of nitrogens with two attached hydrogens (primary N) is 1. The molecular formula is C4H10NOP. The molecule has 2 unspecified atom stereocenters. The first kappa shape index (κ1) is 7.06. The van der Waals surface area contributed by atoms with Crippen molar-refractivity contribution >= 4 is 14.1 Å². The van der Waals surface area contributed by atoms with Crippen molar-refractivity contribution in [3.05, 3.63) is 0 Å². The molecule has 0 bridgehead atoms. The second-order valence-corrected chi connectivity index (χ2v) is 2.40. The van der Waals surface area contributed by atoms with Crippen LogP contribution in [-0.2, 0) is 4.79 Å². The summed E-state index contributed by atoms with van der Waals surface area (Å²) in [4.78, 5) is 10.4. The average molecular weight is 119 g/mol. The van der Waals surface area contributed by atoms with Crippen LogP contribution in [0.3, 0.4) is 0 Å². The molecule has 3 heteroatoms. The standard InChI is InChI=1S/C4H10NOP/c1-3(5)4(6)7-2/h3,7H,5H2,1-2H3. The van der Waals surface area contributed by atoms with Gasteiger partial charge in [-0.2, -0.15) is 0 Å². The third-order valence-corrected chi connectivity index (χ3v) is 1.61. The van der Waals surface area contributed by atoms with Gasteiger partial charge in [0.2, 0.25) is 0 Å². The van der Waals surface area contributed by atoms with Gasteiger partial charge in [-0.15, -0.1) is 0 Å². The summed E-state index contributed by atoms with van der Waals surface area (Å²) in [6, 6.07) is -0.261. The van der Waals surface area contributed by atoms with E-state index in [0.29, 0.717) is 8.58 Å². The molecule has 0 aromatic rings. The van der Waals surface area contributed by atoms with Crippen LogP contribution in [0.15, 0.2) is 0 Å². The van der Waals surface area contributed by atoms with Crippen molar-refractivity contribution in [2.45, 2.75) is 13.0 Å². The Morgan fingerprint density at radius 1 is 1.86 bits per heavy atom. The van der Waals surface area contributed by atoms with Crippen LogP contribution in [0.4, 0.5) is 0 Å².